The summed E-state index contributed by atoms with van der Waals surface area (Å²) in [5.74, 6) is 0.483. The molecular formula is C30H33N5O3. The number of ether oxygens (including phenoxy) is 2. The summed E-state index contributed by atoms with van der Waals surface area (Å²) < 4.78 is 13.4. The second-order valence-electron chi connectivity index (χ2n) is 10.0. The van der Waals surface area contributed by atoms with Crippen molar-refractivity contribution < 1.29 is 14.3 Å². The summed E-state index contributed by atoms with van der Waals surface area (Å²) in [4.78, 5) is 26.4. The minimum atomic E-state index is -0.408. The van der Waals surface area contributed by atoms with Crippen molar-refractivity contribution in [1.29, 1.82) is 0 Å². The van der Waals surface area contributed by atoms with E-state index in [9.17, 15) is 4.79 Å². The van der Waals surface area contributed by atoms with Gasteiger partial charge in [-0.2, -0.15) is 0 Å². The molecule has 6 rings (SSSR count). The SMILES string of the molecule is CCOC(=O)c1ncn2c1COc1c-2ccc(C)c1CCN1CCN(c2cccc3nc(C)ccc23)CC1. The van der Waals surface area contributed by atoms with E-state index in [1.54, 1.807) is 13.3 Å². The molecule has 2 aromatic carbocycles. The lowest BCUT2D eigenvalue weighted by atomic mass is 10.0. The number of hydrogen-bond donors (Lipinski definition) is 0. The Morgan fingerprint density at radius 2 is 1.87 bits per heavy atom. The van der Waals surface area contributed by atoms with Crippen LogP contribution < -0.4 is 9.64 Å². The number of anilines is 1. The third-order valence-electron chi connectivity index (χ3n) is 7.66. The molecule has 2 aliphatic heterocycles. The zero-order chi connectivity index (χ0) is 26.2. The Kier molecular flexibility index (Phi) is 6.49. The van der Waals surface area contributed by atoms with Crippen molar-refractivity contribution in [3.63, 3.8) is 0 Å². The van der Waals surface area contributed by atoms with Gasteiger partial charge in [-0.3, -0.25) is 14.5 Å². The number of carbonyl (C=O) groups excluding carboxylic acids is 1. The number of carbonyl (C=O) groups is 1. The van der Waals surface area contributed by atoms with E-state index in [1.807, 2.05) is 17.6 Å². The molecule has 1 saturated heterocycles. The monoisotopic (exact) mass is 511 g/mol. The molecule has 0 amide bonds. The Balaban J connectivity index is 1.15. The highest BCUT2D eigenvalue weighted by atomic mass is 16.5. The predicted octanol–water partition coefficient (Wildman–Crippen LogP) is 4.47. The first kappa shape index (κ1) is 24.4. The molecule has 0 N–H and O–H groups in total. The highest BCUT2D eigenvalue weighted by Gasteiger charge is 2.28. The van der Waals surface area contributed by atoms with Gasteiger partial charge in [0, 0.05) is 55.1 Å². The van der Waals surface area contributed by atoms with Crippen LogP contribution in [0, 0.1) is 13.8 Å². The van der Waals surface area contributed by atoms with Gasteiger partial charge in [-0.05, 0) is 63.1 Å². The maximum atomic E-state index is 12.3. The molecule has 4 aromatic rings. The molecule has 8 heteroatoms. The smallest absolute Gasteiger partial charge is 0.358 e. The Morgan fingerprint density at radius 3 is 2.68 bits per heavy atom. The number of rotatable bonds is 6. The van der Waals surface area contributed by atoms with Crippen LogP contribution in [-0.4, -0.2) is 64.7 Å². The second-order valence-corrected chi connectivity index (χ2v) is 10.0. The lowest BCUT2D eigenvalue weighted by molar-refractivity contribution is 0.0516. The van der Waals surface area contributed by atoms with Crippen molar-refractivity contribution >= 4 is 22.6 Å². The average molecular weight is 512 g/mol. The van der Waals surface area contributed by atoms with E-state index >= 15 is 0 Å². The van der Waals surface area contributed by atoms with Gasteiger partial charge in [0.15, 0.2) is 5.69 Å². The molecule has 1 fully saturated rings. The minimum absolute atomic E-state index is 0.301. The molecule has 0 atom stereocenters. The summed E-state index contributed by atoms with van der Waals surface area (Å²) in [6.45, 7) is 11.6. The van der Waals surface area contributed by atoms with Crippen molar-refractivity contribution in [3.05, 3.63) is 77.0 Å². The summed E-state index contributed by atoms with van der Waals surface area (Å²) in [6.07, 6.45) is 2.60. The standard InChI is InChI=1S/C30H33N5O3/c1-4-37-30(36)28-27-18-38-29-22(20(2)8-11-26(29)35(27)19-31-28)12-13-33-14-16-34(17-15-33)25-7-5-6-24-23(25)10-9-21(3)32-24/h5-11,19H,4,12-18H2,1-3H3. The maximum absolute atomic E-state index is 12.3. The fourth-order valence-corrected chi connectivity index (χ4v) is 5.60. The van der Waals surface area contributed by atoms with Crippen LogP contribution in [0.5, 0.6) is 5.75 Å². The Morgan fingerprint density at radius 1 is 1.03 bits per heavy atom. The summed E-state index contributed by atoms with van der Waals surface area (Å²) >= 11 is 0. The van der Waals surface area contributed by atoms with Gasteiger partial charge in [-0.15, -0.1) is 0 Å². The number of benzene rings is 2. The van der Waals surface area contributed by atoms with Crippen LogP contribution in [0.3, 0.4) is 0 Å². The quantitative estimate of drug-likeness (QED) is 0.354. The first-order chi connectivity index (χ1) is 18.5. The molecule has 0 radical (unpaired) electrons. The van der Waals surface area contributed by atoms with Crippen molar-refractivity contribution in [1.82, 2.24) is 19.4 Å². The van der Waals surface area contributed by atoms with Gasteiger partial charge in [0.05, 0.1) is 23.5 Å². The lowest BCUT2D eigenvalue weighted by Gasteiger charge is -2.37. The zero-order valence-electron chi connectivity index (χ0n) is 22.2. The molecule has 2 aromatic heterocycles. The number of aromatic nitrogens is 3. The summed E-state index contributed by atoms with van der Waals surface area (Å²) in [5, 5.41) is 1.22. The summed E-state index contributed by atoms with van der Waals surface area (Å²) in [5.41, 5.74) is 7.81. The second kappa shape index (κ2) is 10.1. The van der Waals surface area contributed by atoms with E-state index in [0.29, 0.717) is 18.9 Å². The fraction of sp³-hybridized carbons (Fsp3) is 0.367. The molecule has 0 bridgehead atoms. The molecule has 0 unspecified atom stereocenters. The van der Waals surface area contributed by atoms with Crippen LogP contribution >= 0.6 is 0 Å². The first-order valence-corrected chi connectivity index (χ1v) is 13.4. The molecule has 4 heterocycles. The molecular weight excluding hydrogens is 478 g/mol. The van der Waals surface area contributed by atoms with Gasteiger partial charge in [0.25, 0.3) is 0 Å². The molecule has 0 saturated carbocycles. The van der Waals surface area contributed by atoms with Crippen LogP contribution in [0.15, 0.2) is 48.8 Å². The topological polar surface area (TPSA) is 72.7 Å². The normalized spacial score (nSPS) is 15.2. The summed E-state index contributed by atoms with van der Waals surface area (Å²) in [6, 6.07) is 14.9. The number of aryl methyl sites for hydroxylation is 2. The number of nitrogens with zero attached hydrogens (tertiary/aromatic N) is 5. The van der Waals surface area contributed by atoms with Crippen LogP contribution in [0.25, 0.3) is 16.6 Å². The third-order valence-corrected chi connectivity index (χ3v) is 7.66. The van der Waals surface area contributed by atoms with Crippen LogP contribution in [0.1, 0.15) is 39.9 Å². The van der Waals surface area contributed by atoms with E-state index in [0.717, 1.165) is 67.5 Å². The lowest BCUT2D eigenvalue weighted by Crippen LogP contribution is -2.47. The van der Waals surface area contributed by atoms with Gasteiger partial charge in [-0.1, -0.05) is 12.1 Å². The predicted molar refractivity (Wildman–Crippen MR) is 147 cm³/mol. The van der Waals surface area contributed by atoms with Crippen LogP contribution in [0.2, 0.25) is 0 Å². The highest BCUT2D eigenvalue weighted by Crippen LogP contribution is 2.36. The van der Waals surface area contributed by atoms with Gasteiger partial charge in [0.2, 0.25) is 0 Å². The minimum Gasteiger partial charge on any atom is -0.485 e. The van der Waals surface area contributed by atoms with Crippen molar-refractivity contribution in [3.8, 4) is 11.4 Å². The highest BCUT2D eigenvalue weighted by molar-refractivity contribution is 5.92. The number of imidazole rings is 1. The first-order valence-electron chi connectivity index (χ1n) is 13.4. The number of fused-ring (bicyclic) bond motifs is 4. The fourth-order valence-electron chi connectivity index (χ4n) is 5.60. The third kappa shape index (κ3) is 4.39. The van der Waals surface area contributed by atoms with E-state index in [4.69, 9.17) is 14.5 Å². The van der Waals surface area contributed by atoms with Crippen LogP contribution in [0.4, 0.5) is 5.69 Å². The Labute approximate surface area is 222 Å². The average Bonchev–Trinajstić information content (AvgIpc) is 3.37. The zero-order valence-corrected chi connectivity index (χ0v) is 22.2. The van der Waals surface area contributed by atoms with Crippen molar-refractivity contribution in [2.24, 2.45) is 0 Å². The summed E-state index contributed by atoms with van der Waals surface area (Å²) in [7, 11) is 0. The van der Waals surface area contributed by atoms with Crippen molar-refractivity contribution in [2.45, 2.75) is 33.8 Å². The Bertz CT molecular complexity index is 1500. The van der Waals surface area contributed by atoms with E-state index < -0.39 is 5.97 Å². The molecule has 2 aliphatic rings. The van der Waals surface area contributed by atoms with Gasteiger partial charge in [-0.25, -0.2) is 9.78 Å². The van der Waals surface area contributed by atoms with E-state index in [-0.39, 0.29) is 0 Å². The number of piperazine rings is 1. The van der Waals surface area contributed by atoms with E-state index in [2.05, 4.69) is 58.1 Å². The van der Waals surface area contributed by atoms with E-state index in [1.165, 1.54) is 22.2 Å². The van der Waals surface area contributed by atoms with Crippen LogP contribution in [-0.2, 0) is 17.8 Å². The molecule has 38 heavy (non-hydrogen) atoms. The maximum Gasteiger partial charge on any atom is 0.358 e. The van der Waals surface area contributed by atoms with Gasteiger partial charge in [0.1, 0.15) is 18.7 Å². The van der Waals surface area contributed by atoms with Gasteiger partial charge >= 0.3 is 5.97 Å². The molecule has 0 aliphatic carbocycles. The molecule has 196 valence electrons. The molecule has 0 spiro atoms. The van der Waals surface area contributed by atoms with Gasteiger partial charge < -0.3 is 14.4 Å². The number of pyridine rings is 1. The number of esters is 1. The largest absolute Gasteiger partial charge is 0.485 e. The van der Waals surface area contributed by atoms with Crippen molar-refractivity contribution in [2.75, 3.05) is 44.2 Å². The Hall–Kier alpha value is -3.91. The number of hydrogen-bond acceptors (Lipinski definition) is 7. The molecule has 8 nitrogen and oxygen atoms in total.